The molecule has 0 bridgehead atoms. The molecular formula is C60H113NO3. The Morgan fingerprint density at radius 2 is 0.609 bits per heavy atom. The van der Waals surface area contributed by atoms with Gasteiger partial charge in [-0.25, -0.2) is 0 Å². The summed E-state index contributed by atoms with van der Waals surface area (Å²) in [6.07, 6.45) is 77.1. The second kappa shape index (κ2) is 55.7. The Morgan fingerprint density at radius 3 is 0.906 bits per heavy atom. The smallest absolute Gasteiger partial charge is 0.220 e. The summed E-state index contributed by atoms with van der Waals surface area (Å²) in [5.41, 5.74) is 0. The van der Waals surface area contributed by atoms with Crippen molar-refractivity contribution in [3.63, 3.8) is 0 Å². The van der Waals surface area contributed by atoms with Gasteiger partial charge in [-0.2, -0.15) is 0 Å². The predicted octanol–water partition coefficient (Wildman–Crippen LogP) is 19.0. The number of hydrogen-bond donors (Lipinski definition) is 3. The fraction of sp³-hybridized carbons (Fsp3) is 0.850. The molecular weight excluding hydrogens is 783 g/mol. The number of aliphatic hydroxyl groups is 2. The summed E-state index contributed by atoms with van der Waals surface area (Å²) in [5.74, 6) is -0.0734. The van der Waals surface area contributed by atoms with E-state index in [2.05, 4.69) is 55.6 Å². The highest BCUT2D eigenvalue weighted by atomic mass is 16.3. The molecule has 3 N–H and O–H groups in total. The van der Waals surface area contributed by atoms with Crippen molar-refractivity contribution in [1.82, 2.24) is 5.32 Å². The van der Waals surface area contributed by atoms with Gasteiger partial charge in [-0.15, -0.1) is 0 Å². The van der Waals surface area contributed by atoms with E-state index in [0.29, 0.717) is 6.42 Å². The zero-order valence-corrected chi connectivity index (χ0v) is 43.3. The average molecular weight is 897 g/mol. The first-order valence-electron chi connectivity index (χ1n) is 28.9. The van der Waals surface area contributed by atoms with Crippen molar-refractivity contribution in [3.8, 4) is 0 Å². The van der Waals surface area contributed by atoms with Crippen LogP contribution >= 0.6 is 0 Å². The molecule has 0 aliphatic rings. The lowest BCUT2D eigenvalue weighted by Gasteiger charge is -2.19. The first-order chi connectivity index (χ1) is 31.7. The molecule has 4 heteroatoms. The Bertz CT molecular complexity index is 1020. The second-order valence-electron chi connectivity index (χ2n) is 19.7. The summed E-state index contributed by atoms with van der Waals surface area (Å²) in [7, 11) is 0. The molecule has 0 heterocycles. The highest BCUT2D eigenvalue weighted by Gasteiger charge is 2.18. The highest BCUT2D eigenvalue weighted by molar-refractivity contribution is 5.76. The molecule has 0 aromatic rings. The summed E-state index contributed by atoms with van der Waals surface area (Å²) in [4.78, 5) is 12.5. The maximum absolute atomic E-state index is 12.5. The molecule has 4 nitrogen and oxygen atoms in total. The number of nitrogens with one attached hydrogen (secondary N) is 1. The lowest BCUT2D eigenvalue weighted by atomic mass is 10.0. The Kier molecular flexibility index (Phi) is 54.2. The van der Waals surface area contributed by atoms with Gasteiger partial charge in [0, 0.05) is 6.42 Å². The summed E-state index contributed by atoms with van der Waals surface area (Å²) in [5, 5.41) is 23.1. The standard InChI is InChI=1S/C60H113NO3/c1-3-5-7-9-11-13-15-17-19-21-23-25-26-27-28-29-30-31-32-33-34-36-38-40-42-44-46-48-50-52-54-56-60(64)61-58(57-62)59(63)55-53-51-49-47-45-43-41-39-37-35-24-22-20-18-16-14-12-10-8-6-4-2/h21,23,37,39,45,47,53,55,58-59,62-63H,3-20,22,24-36,38,40-44,46,48-52,54,56-57H2,1-2H3,(H,61,64)/b23-21-,39-37+,47-45+,55-53+. The zero-order valence-electron chi connectivity index (χ0n) is 43.3. The van der Waals surface area contributed by atoms with Crippen LogP contribution in [0, 0.1) is 0 Å². The van der Waals surface area contributed by atoms with Gasteiger partial charge in [-0.05, 0) is 70.6 Å². The molecule has 0 rings (SSSR count). The third kappa shape index (κ3) is 51.3. The lowest BCUT2D eigenvalue weighted by molar-refractivity contribution is -0.123. The van der Waals surface area contributed by atoms with Crippen LogP contribution in [0.5, 0.6) is 0 Å². The molecule has 2 atom stereocenters. The van der Waals surface area contributed by atoms with Crippen LogP contribution in [-0.4, -0.2) is 34.9 Å². The van der Waals surface area contributed by atoms with Crippen molar-refractivity contribution in [2.24, 2.45) is 0 Å². The van der Waals surface area contributed by atoms with Gasteiger partial charge in [0.05, 0.1) is 18.8 Å². The van der Waals surface area contributed by atoms with Crippen LogP contribution in [0.2, 0.25) is 0 Å². The summed E-state index contributed by atoms with van der Waals surface area (Å²) in [6.45, 7) is 4.32. The highest BCUT2D eigenvalue weighted by Crippen LogP contribution is 2.17. The molecule has 1 amide bonds. The van der Waals surface area contributed by atoms with E-state index in [0.717, 1.165) is 38.5 Å². The molecule has 0 aliphatic heterocycles. The lowest BCUT2D eigenvalue weighted by Crippen LogP contribution is -2.45. The maximum atomic E-state index is 12.5. The van der Waals surface area contributed by atoms with Crippen molar-refractivity contribution < 1.29 is 15.0 Å². The van der Waals surface area contributed by atoms with E-state index in [-0.39, 0.29) is 12.5 Å². The van der Waals surface area contributed by atoms with Crippen LogP contribution in [0.25, 0.3) is 0 Å². The summed E-state index contributed by atoms with van der Waals surface area (Å²) in [6, 6.07) is -0.645. The van der Waals surface area contributed by atoms with Crippen LogP contribution in [0.1, 0.15) is 309 Å². The molecule has 0 radical (unpaired) electrons. The van der Waals surface area contributed by atoms with Gasteiger partial charge in [0.1, 0.15) is 0 Å². The maximum Gasteiger partial charge on any atom is 0.220 e. The molecule has 0 spiro atoms. The van der Waals surface area contributed by atoms with Gasteiger partial charge < -0.3 is 15.5 Å². The SMILES string of the molecule is CCCCCCCCCC/C=C\CCCCCCCCCCCCCCCCCCCCCC(=O)NC(CO)C(O)/C=C/CC/C=C/CC/C=C/CCCCCCCCCCCCC. The van der Waals surface area contributed by atoms with Crippen molar-refractivity contribution in [2.75, 3.05) is 6.61 Å². The van der Waals surface area contributed by atoms with E-state index in [4.69, 9.17) is 0 Å². The number of amides is 1. The minimum absolute atomic E-state index is 0.0734. The van der Waals surface area contributed by atoms with Crippen LogP contribution in [0.3, 0.4) is 0 Å². The molecule has 0 aromatic carbocycles. The van der Waals surface area contributed by atoms with Crippen LogP contribution in [0.15, 0.2) is 48.6 Å². The van der Waals surface area contributed by atoms with E-state index >= 15 is 0 Å². The van der Waals surface area contributed by atoms with Crippen molar-refractivity contribution in [3.05, 3.63) is 48.6 Å². The van der Waals surface area contributed by atoms with E-state index in [1.165, 1.54) is 250 Å². The van der Waals surface area contributed by atoms with Gasteiger partial charge in [0.15, 0.2) is 0 Å². The average Bonchev–Trinajstić information content (AvgIpc) is 3.30. The second-order valence-corrected chi connectivity index (χ2v) is 19.7. The topological polar surface area (TPSA) is 69.6 Å². The third-order valence-electron chi connectivity index (χ3n) is 13.3. The normalized spacial score (nSPS) is 13.1. The zero-order chi connectivity index (χ0) is 46.3. The molecule has 0 saturated heterocycles. The fourth-order valence-corrected chi connectivity index (χ4v) is 8.86. The quantitative estimate of drug-likeness (QED) is 0.0421. The first kappa shape index (κ1) is 62.4. The van der Waals surface area contributed by atoms with Gasteiger partial charge >= 0.3 is 0 Å². The Morgan fingerprint density at radius 1 is 0.359 bits per heavy atom. The van der Waals surface area contributed by atoms with Crippen molar-refractivity contribution in [2.45, 2.75) is 321 Å². The van der Waals surface area contributed by atoms with E-state index in [9.17, 15) is 15.0 Å². The Labute approximate surface area is 401 Å². The van der Waals surface area contributed by atoms with Gasteiger partial charge in [-0.3, -0.25) is 4.79 Å². The van der Waals surface area contributed by atoms with Gasteiger partial charge in [-0.1, -0.05) is 281 Å². The third-order valence-corrected chi connectivity index (χ3v) is 13.3. The predicted molar refractivity (Wildman–Crippen MR) is 285 cm³/mol. The summed E-state index contributed by atoms with van der Waals surface area (Å²) >= 11 is 0. The molecule has 0 aromatic heterocycles. The fourth-order valence-electron chi connectivity index (χ4n) is 8.86. The van der Waals surface area contributed by atoms with Crippen molar-refractivity contribution >= 4 is 5.91 Å². The number of aliphatic hydroxyl groups excluding tert-OH is 2. The van der Waals surface area contributed by atoms with Crippen LogP contribution in [0.4, 0.5) is 0 Å². The largest absolute Gasteiger partial charge is 0.394 e. The molecule has 64 heavy (non-hydrogen) atoms. The van der Waals surface area contributed by atoms with Crippen molar-refractivity contribution in [1.29, 1.82) is 0 Å². The molecule has 0 aliphatic carbocycles. The summed E-state index contributed by atoms with van der Waals surface area (Å²) < 4.78 is 0. The van der Waals surface area contributed by atoms with E-state index in [1.54, 1.807) is 6.08 Å². The molecule has 2 unspecified atom stereocenters. The van der Waals surface area contributed by atoms with Gasteiger partial charge in [0.2, 0.25) is 5.91 Å². The molecule has 0 saturated carbocycles. The van der Waals surface area contributed by atoms with Gasteiger partial charge in [0.25, 0.3) is 0 Å². The molecule has 376 valence electrons. The number of unbranched alkanes of at least 4 members (excludes halogenated alkanes) is 40. The number of hydrogen-bond acceptors (Lipinski definition) is 3. The monoisotopic (exact) mass is 896 g/mol. The van der Waals surface area contributed by atoms with E-state index < -0.39 is 12.1 Å². The number of carbonyl (C=O) groups is 1. The minimum atomic E-state index is -0.870. The Balaban J connectivity index is 3.50. The number of allylic oxidation sites excluding steroid dienone is 7. The van der Waals surface area contributed by atoms with E-state index in [1.807, 2.05) is 6.08 Å². The van der Waals surface area contributed by atoms with Crippen LogP contribution in [-0.2, 0) is 4.79 Å². The minimum Gasteiger partial charge on any atom is -0.394 e. The number of carbonyl (C=O) groups excluding carboxylic acids is 1. The number of rotatable bonds is 53. The first-order valence-corrected chi connectivity index (χ1v) is 28.9. The Hall–Kier alpha value is -1.65. The molecule has 0 fully saturated rings. The van der Waals surface area contributed by atoms with Crippen LogP contribution < -0.4 is 5.32 Å².